The fourth-order valence-electron chi connectivity index (χ4n) is 5.82. The van der Waals surface area contributed by atoms with Gasteiger partial charge in [0, 0.05) is 0 Å². The van der Waals surface area contributed by atoms with E-state index in [2.05, 4.69) is 148 Å². The van der Waals surface area contributed by atoms with Gasteiger partial charge in [0.2, 0.25) is 0 Å². The zero-order chi connectivity index (χ0) is 29.2. The Labute approximate surface area is 267 Å². The molecule has 2 heteroatoms. The molecule has 0 radical (unpaired) electrons. The minimum Gasteiger partial charge on any atom is -0.0622 e. The summed E-state index contributed by atoms with van der Waals surface area (Å²) in [5.74, 6) is 0. The Morgan fingerprint density at radius 1 is 0.714 bits per heavy atom. The van der Waals surface area contributed by atoms with E-state index < -0.39 is 22.9 Å². The van der Waals surface area contributed by atoms with Gasteiger partial charge in [-0.05, 0) is 24.0 Å². The number of aryl methyl sites for hydroxylation is 3. The van der Waals surface area contributed by atoms with Gasteiger partial charge < -0.3 is 0 Å². The van der Waals surface area contributed by atoms with E-state index in [1.807, 2.05) is 3.33 Å². The molecular weight excluding hydrogens is 690 g/mol. The van der Waals surface area contributed by atoms with Gasteiger partial charge in [-0.2, -0.15) is 0 Å². The zero-order valence-corrected chi connectivity index (χ0v) is 30.0. The third kappa shape index (κ3) is 7.86. The summed E-state index contributed by atoms with van der Waals surface area (Å²) in [4.78, 5) is 0. The van der Waals surface area contributed by atoms with Gasteiger partial charge in [-0.1, -0.05) is 60.7 Å². The quantitative estimate of drug-likeness (QED) is 0.113. The van der Waals surface area contributed by atoms with Crippen molar-refractivity contribution in [1.29, 1.82) is 0 Å². The van der Waals surface area contributed by atoms with E-state index in [0.717, 1.165) is 21.4 Å². The van der Waals surface area contributed by atoms with Gasteiger partial charge >= 0.3 is 184 Å². The summed E-state index contributed by atoms with van der Waals surface area (Å²) in [5, 5.41) is 1.55. The number of fused-ring (bicyclic) bond motifs is 1. The first kappa shape index (κ1) is 30.8. The summed E-state index contributed by atoms with van der Waals surface area (Å²) >= 11 is -1.10. The van der Waals surface area contributed by atoms with Crippen LogP contribution in [-0.2, 0) is 38.7 Å². The van der Waals surface area contributed by atoms with E-state index in [0.29, 0.717) is 2.91 Å². The van der Waals surface area contributed by atoms with Crippen molar-refractivity contribution >= 4 is 20.0 Å². The van der Waals surface area contributed by atoms with E-state index in [9.17, 15) is 0 Å². The van der Waals surface area contributed by atoms with Crippen LogP contribution in [0.25, 0.3) is 6.08 Å². The molecule has 0 spiro atoms. The fraction of sp³-hybridized carbons (Fsp3) is 0.250. The van der Waals surface area contributed by atoms with Crippen LogP contribution in [0.3, 0.4) is 0 Å². The van der Waals surface area contributed by atoms with Crippen molar-refractivity contribution in [3.05, 3.63) is 164 Å². The predicted octanol–water partition coefficient (Wildman–Crippen LogP) is 10.5. The maximum Gasteiger partial charge on any atom is -0.0238 e. The average molecular weight is 733 g/mol. The maximum atomic E-state index is 2.59. The maximum absolute atomic E-state index is 2.59. The largest absolute Gasteiger partial charge is 0.0622 e. The standard InChI is InChI=1S/C16H14P.C14H14.C10H15.Hf/c1-12-6-2-5-9-15(12)17-16-11-10-13-7-3-4-8-14(13)16;1-3-7-13(8-4-1)11-12-14-9-5-2-6-10-14;1-3-4-7-10-8-5-6-9(10)2;/h2-11,17H,1H3;1-10H,11-12H2;8H,3-5,7H2,1-2H3;. The van der Waals surface area contributed by atoms with Gasteiger partial charge in [-0.3, -0.25) is 0 Å². The summed E-state index contributed by atoms with van der Waals surface area (Å²) in [7, 11) is 0.846. The summed E-state index contributed by atoms with van der Waals surface area (Å²) < 4.78 is 2.14. The summed E-state index contributed by atoms with van der Waals surface area (Å²) in [6, 6.07) is 39.4. The third-order valence-corrected chi connectivity index (χ3v) is 18.6. The van der Waals surface area contributed by atoms with Crippen LogP contribution < -0.4 is 5.30 Å². The molecule has 4 aromatic carbocycles. The van der Waals surface area contributed by atoms with Crippen LogP contribution in [0.5, 0.6) is 0 Å². The molecule has 0 fully saturated rings. The third-order valence-electron chi connectivity index (χ3n) is 8.40. The number of benzene rings is 4. The smallest absolute Gasteiger partial charge is 0.0238 e. The second kappa shape index (κ2) is 15.2. The number of hydrogen-bond acceptors (Lipinski definition) is 0. The van der Waals surface area contributed by atoms with Crippen LogP contribution >= 0.6 is 8.58 Å². The van der Waals surface area contributed by atoms with Crippen LogP contribution in [0.1, 0.15) is 67.3 Å². The summed E-state index contributed by atoms with van der Waals surface area (Å²) in [5.41, 5.74) is 10.6. The second-order valence-electron chi connectivity index (χ2n) is 11.4. The molecule has 0 bridgehead atoms. The fourth-order valence-corrected chi connectivity index (χ4v) is 16.3. The molecule has 0 aromatic heterocycles. The first-order valence-corrected chi connectivity index (χ1v) is 20.0. The van der Waals surface area contributed by atoms with Crippen molar-refractivity contribution in [2.75, 3.05) is 0 Å². The molecule has 2 aliphatic carbocycles. The molecule has 2 atom stereocenters. The number of rotatable bonds is 10. The Morgan fingerprint density at radius 3 is 2.00 bits per heavy atom. The van der Waals surface area contributed by atoms with Crippen molar-refractivity contribution in [2.24, 2.45) is 0 Å². The molecule has 4 aromatic rings. The van der Waals surface area contributed by atoms with Gasteiger partial charge in [-0.15, -0.1) is 0 Å². The van der Waals surface area contributed by atoms with Crippen molar-refractivity contribution in [3.63, 3.8) is 0 Å². The van der Waals surface area contributed by atoms with Gasteiger partial charge in [0.05, 0.1) is 0 Å². The van der Waals surface area contributed by atoms with Gasteiger partial charge in [0.1, 0.15) is 0 Å². The monoisotopic (exact) mass is 734 g/mol. The molecule has 42 heavy (non-hydrogen) atoms. The van der Waals surface area contributed by atoms with Crippen molar-refractivity contribution in [2.45, 2.75) is 62.2 Å². The second-order valence-corrected chi connectivity index (χ2v) is 20.7. The van der Waals surface area contributed by atoms with E-state index >= 15 is 0 Å². The average Bonchev–Trinajstić information content (AvgIpc) is 3.57. The Hall–Kier alpha value is -2.60. The zero-order valence-electron chi connectivity index (χ0n) is 25.4. The molecule has 212 valence electrons. The van der Waals surface area contributed by atoms with Gasteiger partial charge in [0.15, 0.2) is 0 Å². The molecule has 0 nitrogen and oxygen atoms in total. The van der Waals surface area contributed by atoms with E-state index in [-0.39, 0.29) is 0 Å². The molecule has 0 amide bonds. The Kier molecular flexibility index (Phi) is 11.2. The van der Waals surface area contributed by atoms with Crippen LogP contribution in [0, 0.1) is 6.92 Å². The number of allylic oxidation sites excluding steroid dienone is 5. The summed E-state index contributed by atoms with van der Waals surface area (Å²) in [6.45, 7) is 6.98. The van der Waals surface area contributed by atoms with Crippen LogP contribution in [0.4, 0.5) is 0 Å². The van der Waals surface area contributed by atoms with Crippen molar-refractivity contribution in [1.82, 2.24) is 0 Å². The van der Waals surface area contributed by atoms with Crippen molar-refractivity contribution in [3.8, 4) is 0 Å². The molecule has 2 unspecified atom stereocenters. The molecule has 6 rings (SSSR count). The molecule has 2 aliphatic rings. The Bertz CT molecular complexity index is 1510. The van der Waals surface area contributed by atoms with Crippen LogP contribution in [0.2, 0.25) is 0 Å². The first-order valence-electron chi connectivity index (χ1n) is 15.5. The summed E-state index contributed by atoms with van der Waals surface area (Å²) in [6.07, 6.45) is 14.9. The molecule has 0 heterocycles. The molecular formula is C40H43HfP. The minimum atomic E-state index is -1.10. The first-order chi connectivity index (χ1) is 20.6. The van der Waals surface area contributed by atoms with Crippen molar-refractivity contribution < 1.29 is 22.9 Å². The normalized spacial score (nSPS) is 17.3. The van der Waals surface area contributed by atoms with Crippen LogP contribution in [-0.4, -0.2) is 0 Å². The molecule has 0 saturated carbocycles. The topological polar surface area (TPSA) is 0 Å². The van der Waals surface area contributed by atoms with Gasteiger partial charge in [-0.25, -0.2) is 0 Å². The van der Waals surface area contributed by atoms with E-state index in [4.69, 9.17) is 0 Å². The SMILES string of the molecule is CCCCC1=CC[C]([Hf][C]2(Pc3ccccc3C)C=Cc3ccccc32)=C1C.c1ccc(CCc2ccccc2)cc1. The van der Waals surface area contributed by atoms with Crippen LogP contribution in [0.15, 0.2) is 136 Å². The molecule has 0 saturated heterocycles. The Morgan fingerprint density at radius 2 is 1.33 bits per heavy atom. The molecule has 0 N–H and O–H groups in total. The Balaban J connectivity index is 0.000000211. The number of hydrogen-bond donors (Lipinski definition) is 0. The number of unbranched alkanes of at least 4 members (excludes halogenated alkanes) is 1. The predicted molar refractivity (Wildman–Crippen MR) is 181 cm³/mol. The van der Waals surface area contributed by atoms with E-state index in [1.54, 1.807) is 22.0 Å². The van der Waals surface area contributed by atoms with Gasteiger partial charge in [0.25, 0.3) is 0 Å². The van der Waals surface area contributed by atoms with E-state index in [1.165, 1.54) is 47.9 Å². The molecule has 0 aliphatic heterocycles. The minimum absolute atomic E-state index is 0.299.